The van der Waals surface area contributed by atoms with Gasteiger partial charge in [-0.25, -0.2) is 4.90 Å². The highest BCUT2D eigenvalue weighted by atomic mass is 35.5. The molecule has 1 unspecified atom stereocenters. The van der Waals surface area contributed by atoms with Gasteiger partial charge in [-0.15, -0.1) is 5.10 Å². The molecule has 0 bridgehead atoms. The van der Waals surface area contributed by atoms with Crippen LogP contribution in [0.1, 0.15) is 41.2 Å². The average Bonchev–Trinajstić information content (AvgIpc) is 3.30. The van der Waals surface area contributed by atoms with Gasteiger partial charge in [0, 0.05) is 36.4 Å². The number of ether oxygens (including phenoxy) is 2. The van der Waals surface area contributed by atoms with Crippen molar-refractivity contribution in [2.24, 2.45) is 0 Å². The molecule has 1 aromatic carbocycles. The summed E-state index contributed by atoms with van der Waals surface area (Å²) < 4.78 is 11.5. The fourth-order valence-corrected chi connectivity index (χ4v) is 4.70. The summed E-state index contributed by atoms with van der Waals surface area (Å²) >= 11 is 6.35. The van der Waals surface area contributed by atoms with Crippen molar-refractivity contribution in [1.29, 1.82) is 0 Å². The summed E-state index contributed by atoms with van der Waals surface area (Å²) in [7, 11) is 0. The standard InChI is InChI=1S/C26H27ClN6O4/c1-16-14-28-15-21(27)25(16)17(2)37-19-5-7-23-20(13-19)22(30-31-23)6-3-18-4-8-24(32-29-18)26(34,35)33-9-11-36-12-10-33/h3-8,13-15,17,34-35H,9-12H2,1-2H3,(H,30,31)/b6-3+. The molecule has 1 saturated heterocycles. The van der Waals surface area contributed by atoms with Gasteiger partial charge < -0.3 is 19.7 Å². The summed E-state index contributed by atoms with van der Waals surface area (Å²) in [5.41, 5.74) is 4.01. The molecule has 5 rings (SSSR count). The second kappa shape index (κ2) is 10.5. The Morgan fingerprint density at radius 2 is 1.95 bits per heavy atom. The summed E-state index contributed by atoms with van der Waals surface area (Å²) in [4.78, 5) is 5.61. The van der Waals surface area contributed by atoms with Gasteiger partial charge in [0.15, 0.2) is 0 Å². The van der Waals surface area contributed by atoms with E-state index in [0.717, 1.165) is 22.0 Å². The molecule has 3 N–H and O–H groups in total. The molecule has 0 radical (unpaired) electrons. The fraction of sp³-hybridized carbons (Fsp3) is 0.308. The highest BCUT2D eigenvalue weighted by Crippen LogP contribution is 2.31. The van der Waals surface area contributed by atoms with E-state index >= 15 is 0 Å². The van der Waals surface area contributed by atoms with E-state index in [1.54, 1.807) is 30.6 Å². The van der Waals surface area contributed by atoms with Gasteiger partial charge in [0.2, 0.25) is 0 Å². The van der Waals surface area contributed by atoms with Gasteiger partial charge in [0.05, 0.1) is 35.1 Å². The Morgan fingerprint density at radius 3 is 2.68 bits per heavy atom. The first-order valence-corrected chi connectivity index (χ1v) is 12.3. The lowest BCUT2D eigenvalue weighted by atomic mass is 10.1. The van der Waals surface area contributed by atoms with Crippen molar-refractivity contribution in [1.82, 2.24) is 30.3 Å². The first-order chi connectivity index (χ1) is 17.8. The Kier molecular flexibility index (Phi) is 7.18. The molecule has 1 aliphatic rings. The molecular formula is C26H27ClN6O4. The predicted octanol–water partition coefficient (Wildman–Crippen LogP) is 3.45. The summed E-state index contributed by atoms with van der Waals surface area (Å²) in [6.45, 7) is 5.54. The van der Waals surface area contributed by atoms with E-state index < -0.39 is 5.91 Å². The number of hydrogen-bond acceptors (Lipinski definition) is 9. The van der Waals surface area contributed by atoms with Gasteiger partial charge in [-0.05, 0) is 61.9 Å². The summed E-state index contributed by atoms with van der Waals surface area (Å²) in [5, 5.41) is 38.1. The van der Waals surface area contributed by atoms with Crippen LogP contribution >= 0.6 is 11.6 Å². The van der Waals surface area contributed by atoms with Crippen LogP contribution in [0.2, 0.25) is 5.02 Å². The molecule has 192 valence electrons. The van der Waals surface area contributed by atoms with Crippen molar-refractivity contribution < 1.29 is 19.7 Å². The minimum atomic E-state index is -2.20. The highest BCUT2D eigenvalue weighted by Gasteiger charge is 2.36. The number of halogens is 1. The van der Waals surface area contributed by atoms with Crippen LogP contribution in [-0.2, 0) is 10.6 Å². The van der Waals surface area contributed by atoms with Crippen LogP contribution in [0.3, 0.4) is 0 Å². The van der Waals surface area contributed by atoms with E-state index in [2.05, 4.69) is 25.4 Å². The van der Waals surface area contributed by atoms with E-state index in [0.29, 0.717) is 48.5 Å². The number of aliphatic hydroxyl groups is 2. The van der Waals surface area contributed by atoms with Crippen molar-refractivity contribution in [2.75, 3.05) is 26.3 Å². The van der Waals surface area contributed by atoms with Crippen LogP contribution in [0.25, 0.3) is 23.1 Å². The number of pyridine rings is 1. The Balaban J connectivity index is 1.33. The Labute approximate surface area is 218 Å². The molecule has 0 aliphatic carbocycles. The molecule has 11 heteroatoms. The average molecular weight is 523 g/mol. The minimum absolute atomic E-state index is 0.0530. The Bertz CT molecular complexity index is 1400. The zero-order valence-corrected chi connectivity index (χ0v) is 21.2. The topological polar surface area (TPSA) is 130 Å². The number of benzene rings is 1. The summed E-state index contributed by atoms with van der Waals surface area (Å²) in [6.07, 6.45) is 6.68. The Hall–Kier alpha value is -3.41. The number of aryl methyl sites for hydroxylation is 1. The summed E-state index contributed by atoms with van der Waals surface area (Å²) in [5.74, 6) is -1.53. The number of nitrogens with zero attached hydrogens (tertiary/aromatic N) is 5. The van der Waals surface area contributed by atoms with Gasteiger partial charge in [0.25, 0.3) is 5.91 Å². The number of aromatic nitrogens is 5. The largest absolute Gasteiger partial charge is 0.486 e. The van der Waals surface area contributed by atoms with Gasteiger partial charge in [-0.2, -0.15) is 10.2 Å². The quantitative estimate of drug-likeness (QED) is 0.312. The molecule has 4 heterocycles. The number of morpholine rings is 1. The minimum Gasteiger partial charge on any atom is -0.486 e. The number of hydrogen-bond donors (Lipinski definition) is 3. The van der Waals surface area contributed by atoms with Crippen molar-refractivity contribution in [3.63, 3.8) is 0 Å². The van der Waals surface area contributed by atoms with Gasteiger partial charge >= 0.3 is 0 Å². The monoisotopic (exact) mass is 522 g/mol. The molecule has 37 heavy (non-hydrogen) atoms. The number of H-pyrrole nitrogens is 1. The van der Waals surface area contributed by atoms with Crippen molar-refractivity contribution in [3.8, 4) is 5.75 Å². The van der Waals surface area contributed by atoms with Crippen LogP contribution in [0.5, 0.6) is 5.75 Å². The zero-order valence-electron chi connectivity index (χ0n) is 20.4. The van der Waals surface area contributed by atoms with Gasteiger partial charge in [0.1, 0.15) is 17.5 Å². The lowest BCUT2D eigenvalue weighted by molar-refractivity contribution is -0.289. The lowest BCUT2D eigenvalue weighted by Gasteiger charge is -2.36. The molecule has 1 atom stereocenters. The molecule has 1 aliphatic heterocycles. The fourth-order valence-electron chi connectivity index (χ4n) is 4.35. The van der Waals surface area contributed by atoms with Crippen LogP contribution in [0, 0.1) is 6.92 Å². The molecule has 3 aromatic heterocycles. The smallest absolute Gasteiger partial charge is 0.273 e. The van der Waals surface area contributed by atoms with E-state index in [1.807, 2.05) is 38.1 Å². The Morgan fingerprint density at radius 1 is 1.14 bits per heavy atom. The normalized spacial score (nSPS) is 15.9. The number of nitrogens with one attached hydrogen (secondary N) is 1. The van der Waals surface area contributed by atoms with E-state index in [1.165, 1.54) is 4.90 Å². The summed E-state index contributed by atoms with van der Waals surface area (Å²) in [6, 6.07) is 8.92. The maximum absolute atomic E-state index is 10.6. The van der Waals surface area contributed by atoms with Gasteiger partial charge in [-0.1, -0.05) is 11.6 Å². The third-order valence-corrected chi connectivity index (χ3v) is 6.62. The molecule has 0 saturated carbocycles. The second-order valence-electron chi connectivity index (χ2n) is 8.84. The SMILES string of the molecule is Cc1cncc(Cl)c1C(C)Oc1ccc2[nH]nc(/C=C/c3ccc(C(O)(O)N4CCOCC4)nn3)c2c1. The van der Waals surface area contributed by atoms with Gasteiger partial charge in [-0.3, -0.25) is 10.1 Å². The molecular weight excluding hydrogens is 496 g/mol. The van der Waals surface area contributed by atoms with E-state index in [9.17, 15) is 10.2 Å². The predicted molar refractivity (Wildman–Crippen MR) is 139 cm³/mol. The maximum atomic E-state index is 10.6. The molecule has 1 fully saturated rings. The molecule has 0 spiro atoms. The van der Waals surface area contributed by atoms with E-state index in [-0.39, 0.29) is 11.8 Å². The molecule has 0 amide bonds. The van der Waals surface area contributed by atoms with Crippen LogP contribution in [0.4, 0.5) is 0 Å². The maximum Gasteiger partial charge on any atom is 0.273 e. The van der Waals surface area contributed by atoms with Crippen molar-refractivity contribution >= 4 is 34.7 Å². The molecule has 10 nitrogen and oxygen atoms in total. The van der Waals surface area contributed by atoms with E-state index in [4.69, 9.17) is 21.1 Å². The number of rotatable bonds is 7. The lowest BCUT2D eigenvalue weighted by Crippen LogP contribution is -2.51. The molecule has 4 aromatic rings. The zero-order chi connectivity index (χ0) is 26.0. The second-order valence-corrected chi connectivity index (χ2v) is 9.25. The number of fused-ring (bicyclic) bond motifs is 1. The van der Waals surface area contributed by atoms with Crippen LogP contribution in [0.15, 0.2) is 42.7 Å². The highest BCUT2D eigenvalue weighted by molar-refractivity contribution is 6.31. The van der Waals surface area contributed by atoms with Crippen molar-refractivity contribution in [3.05, 3.63) is 76.0 Å². The van der Waals surface area contributed by atoms with Crippen molar-refractivity contribution in [2.45, 2.75) is 25.9 Å². The van der Waals surface area contributed by atoms with Crippen LogP contribution < -0.4 is 4.74 Å². The third kappa shape index (κ3) is 5.34. The third-order valence-electron chi connectivity index (χ3n) is 6.31. The van der Waals surface area contributed by atoms with Crippen LogP contribution in [-0.4, -0.2) is 66.8 Å². The first kappa shape index (κ1) is 25.2. The number of aromatic amines is 1. The first-order valence-electron chi connectivity index (χ1n) is 11.9.